The second kappa shape index (κ2) is 7.56. The maximum Gasteiger partial charge on any atom is 0.229 e. The van der Waals surface area contributed by atoms with E-state index in [2.05, 4.69) is 5.32 Å². The van der Waals surface area contributed by atoms with Gasteiger partial charge in [-0.05, 0) is 30.7 Å². The highest BCUT2D eigenvalue weighted by atomic mass is 35.5. The molecule has 1 aliphatic heterocycles. The Morgan fingerprint density at radius 2 is 1.96 bits per heavy atom. The Hall–Kier alpha value is -2.24. The van der Waals surface area contributed by atoms with Crippen molar-refractivity contribution in [1.29, 1.82) is 0 Å². The first-order chi connectivity index (χ1) is 12.4. The molecule has 1 fully saturated rings. The monoisotopic (exact) mass is 392 g/mol. The summed E-state index contributed by atoms with van der Waals surface area (Å²) >= 11 is 12.3. The summed E-state index contributed by atoms with van der Waals surface area (Å²) in [5.74, 6) is -0.369. The SMILES string of the molecule is COc1cc(Cl)c(C)cc1NC(=O)C1CC(=O)N(c2ccccc2Cl)C1. The molecule has 2 aromatic carbocycles. The number of benzene rings is 2. The van der Waals surface area contributed by atoms with Crippen LogP contribution in [0.2, 0.25) is 10.0 Å². The average molecular weight is 393 g/mol. The van der Waals surface area contributed by atoms with Crippen molar-refractivity contribution in [2.24, 2.45) is 5.92 Å². The number of aryl methyl sites for hydroxylation is 1. The molecule has 2 amide bonds. The molecule has 0 spiro atoms. The van der Waals surface area contributed by atoms with Crippen molar-refractivity contribution in [2.45, 2.75) is 13.3 Å². The first-order valence-electron chi connectivity index (χ1n) is 8.10. The summed E-state index contributed by atoms with van der Waals surface area (Å²) in [5.41, 5.74) is 1.97. The second-order valence-corrected chi connectivity index (χ2v) is 6.96. The van der Waals surface area contributed by atoms with Gasteiger partial charge in [-0.2, -0.15) is 0 Å². The molecule has 26 heavy (non-hydrogen) atoms. The number of nitrogens with one attached hydrogen (secondary N) is 1. The third-order valence-corrected chi connectivity index (χ3v) is 5.10. The summed E-state index contributed by atoms with van der Waals surface area (Å²) in [5, 5.41) is 3.88. The summed E-state index contributed by atoms with van der Waals surface area (Å²) in [6.07, 6.45) is 0.131. The molecule has 1 aliphatic rings. The largest absolute Gasteiger partial charge is 0.495 e. The highest BCUT2D eigenvalue weighted by Gasteiger charge is 2.36. The minimum absolute atomic E-state index is 0.127. The van der Waals surface area contributed by atoms with Crippen molar-refractivity contribution in [3.05, 3.63) is 52.0 Å². The van der Waals surface area contributed by atoms with Crippen molar-refractivity contribution in [1.82, 2.24) is 0 Å². The number of anilines is 2. The van der Waals surface area contributed by atoms with Gasteiger partial charge in [0.15, 0.2) is 0 Å². The standard InChI is InChI=1S/C19H18Cl2N2O3/c1-11-7-15(17(26-2)9-14(11)21)22-19(25)12-8-18(24)23(10-12)16-6-4-3-5-13(16)20/h3-7,9,12H,8,10H2,1-2H3,(H,22,25). The fraction of sp³-hybridized carbons (Fsp3) is 0.263. The number of ether oxygens (including phenoxy) is 1. The maximum atomic E-state index is 12.7. The van der Waals surface area contributed by atoms with Crippen LogP contribution in [-0.4, -0.2) is 25.5 Å². The minimum Gasteiger partial charge on any atom is -0.495 e. The van der Waals surface area contributed by atoms with Crippen LogP contribution in [0.1, 0.15) is 12.0 Å². The van der Waals surface area contributed by atoms with E-state index >= 15 is 0 Å². The van der Waals surface area contributed by atoms with Crippen molar-refractivity contribution >= 4 is 46.4 Å². The molecule has 0 bridgehead atoms. The van der Waals surface area contributed by atoms with E-state index in [0.717, 1.165) is 5.56 Å². The van der Waals surface area contributed by atoms with Crippen LogP contribution in [0.25, 0.3) is 0 Å². The lowest BCUT2D eigenvalue weighted by Crippen LogP contribution is -2.28. The first kappa shape index (κ1) is 18.5. The molecule has 3 rings (SSSR count). The number of carbonyl (C=O) groups is 2. The highest BCUT2D eigenvalue weighted by molar-refractivity contribution is 6.34. The van der Waals surface area contributed by atoms with E-state index in [1.807, 2.05) is 13.0 Å². The Bertz CT molecular complexity index is 870. The van der Waals surface area contributed by atoms with Gasteiger partial charge in [0.25, 0.3) is 0 Å². The van der Waals surface area contributed by atoms with Crippen molar-refractivity contribution < 1.29 is 14.3 Å². The number of amides is 2. The van der Waals surface area contributed by atoms with E-state index in [1.54, 1.807) is 35.2 Å². The number of halogens is 2. The van der Waals surface area contributed by atoms with Crippen LogP contribution in [0.4, 0.5) is 11.4 Å². The zero-order valence-corrected chi connectivity index (χ0v) is 15.9. The van der Waals surface area contributed by atoms with E-state index in [0.29, 0.717) is 27.2 Å². The van der Waals surface area contributed by atoms with Gasteiger partial charge in [-0.1, -0.05) is 35.3 Å². The van der Waals surface area contributed by atoms with Crippen LogP contribution in [0.3, 0.4) is 0 Å². The summed E-state index contributed by atoms with van der Waals surface area (Å²) < 4.78 is 5.28. The lowest BCUT2D eigenvalue weighted by atomic mass is 10.1. The Kier molecular flexibility index (Phi) is 5.39. The summed E-state index contributed by atoms with van der Waals surface area (Å²) in [7, 11) is 1.51. The summed E-state index contributed by atoms with van der Waals surface area (Å²) in [4.78, 5) is 26.6. The third kappa shape index (κ3) is 3.64. The zero-order chi connectivity index (χ0) is 18.8. The number of methoxy groups -OCH3 is 1. The average Bonchev–Trinajstić information content (AvgIpc) is 3.00. The second-order valence-electron chi connectivity index (χ2n) is 6.15. The van der Waals surface area contributed by atoms with E-state index in [-0.39, 0.29) is 24.8 Å². The number of hydrogen-bond acceptors (Lipinski definition) is 3. The Labute approximate surface area is 161 Å². The Morgan fingerprint density at radius 3 is 2.65 bits per heavy atom. The quantitative estimate of drug-likeness (QED) is 0.843. The first-order valence-corrected chi connectivity index (χ1v) is 8.86. The van der Waals surface area contributed by atoms with E-state index in [4.69, 9.17) is 27.9 Å². The fourth-order valence-corrected chi connectivity index (χ4v) is 3.34. The summed E-state index contributed by atoms with van der Waals surface area (Å²) in [6, 6.07) is 10.5. The molecule has 0 aliphatic carbocycles. The topological polar surface area (TPSA) is 58.6 Å². The number of hydrogen-bond donors (Lipinski definition) is 1. The molecule has 0 saturated carbocycles. The normalized spacial score (nSPS) is 16.7. The third-order valence-electron chi connectivity index (χ3n) is 4.38. The highest BCUT2D eigenvalue weighted by Crippen LogP contribution is 2.34. The Morgan fingerprint density at radius 1 is 1.23 bits per heavy atom. The van der Waals surface area contributed by atoms with Crippen LogP contribution in [0, 0.1) is 12.8 Å². The van der Waals surface area contributed by atoms with Crippen molar-refractivity contribution in [3.8, 4) is 5.75 Å². The predicted molar refractivity (Wildman–Crippen MR) is 103 cm³/mol. The maximum absolute atomic E-state index is 12.7. The van der Waals surface area contributed by atoms with E-state index < -0.39 is 5.92 Å². The van der Waals surface area contributed by atoms with E-state index in [1.165, 1.54) is 7.11 Å². The van der Waals surface area contributed by atoms with Crippen LogP contribution in [0.15, 0.2) is 36.4 Å². The van der Waals surface area contributed by atoms with Gasteiger partial charge in [-0.3, -0.25) is 9.59 Å². The molecule has 1 heterocycles. The van der Waals surface area contributed by atoms with Crippen molar-refractivity contribution in [2.75, 3.05) is 23.9 Å². The van der Waals surface area contributed by atoms with Crippen molar-refractivity contribution in [3.63, 3.8) is 0 Å². The van der Waals surface area contributed by atoms with Crippen LogP contribution >= 0.6 is 23.2 Å². The number of rotatable bonds is 4. The molecule has 1 N–H and O–H groups in total. The smallest absolute Gasteiger partial charge is 0.229 e. The van der Waals surface area contributed by atoms with Gasteiger partial charge in [0.2, 0.25) is 11.8 Å². The van der Waals surface area contributed by atoms with Gasteiger partial charge >= 0.3 is 0 Å². The molecule has 1 saturated heterocycles. The van der Waals surface area contributed by atoms with Crippen LogP contribution in [0.5, 0.6) is 5.75 Å². The van der Waals surface area contributed by atoms with Crippen LogP contribution in [-0.2, 0) is 9.59 Å². The van der Waals surface area contributed by atoms with Gasteiger partial charge in [0.05, 0.1) is 29.4 Å². The molecular weight excluding hydrogens is 375 g/mol. The van der Waals surface area contributed by atoms with Gasteiger partial charge < -0.3 is 15.0 Å². The molecule has 2 aromatic rings. The molecule has 0 aromatic heterocycles. The predicted octanol–water partition coefficient (Wildman–Crippen LogP) is 4.30. The molecule has 1 unspecified atom stereocenters. The Balaban J connectivity index is 1.77. The zero-order valence-electron chi connectivity index (χ0n) is 14.4. The number of carbonyl (C=O) groups excluding carboxylic acids is 2. The molecular formula is C19H18Cl2N2O3. The fourth-order valence-electron chi connectivity index (χ4n) is 2.95. The van der Waals surface area contributed by atoms with Gasteiger partial charge in [0, 0.05) is 24.1 Å². The lowest BCUT2D eigenvalue weighted by molar-refractivity contribution is -0.122. The number of para-hydroxylation sites is 1. The molecule has 5 nitrogen and oxygen atoms in total. The lowest BCUT2D eigenvalue weighted by Gasteiger charge is -2.18. The van der Waals surface area contributed by atoms with Gasteiger partial charge in [-0.25, -0.2) is 0 Å². The number of nitrogens with zero attached hydrogens (tertiary/aromatic N) is 1. The molecule has 7 heteroatoms. The van der Waals surface area contributed by atoms with Gasteiger partial charge in [-0.15, -0.1) is 0 Å². The van der Waals surface area contributed by atoms with Crippen LogP contribution < -0.4 is 15.0 Å². The summed E-state index contributed by atoms with van der Waals surface area (Å²) in [6.45, 7) is 2.12. The molecule has 1 atom stereocenters. The minimum atomic E-state index is -0.473. The molecule has 136 valence electrons. The van der Waals surface area contributed by atoms with E-state index in [9.17, 15) is 9.59 Å². The molecule has 0 radical (unpaired) electrons. The van der Waals surface area contributed by atoms with Gasteiger partial charge in [0.1, 0.15) is 5.75 Å².